The molecule has 112 valence electrons. The number of rotatable bonds is 8. The highest BCUT2D eigenvalue weighted by Crippen LogP contribution is 2.15. The number of alkyl halides is 2. The molecule has 2 aromatic rings. The van der Waals surface area contributed by atoms with E-state index in [1.165, 1.54) is 0 Å². The number of nitrogens with one attached hydrogen (secondary N) is 1. The molecule has 0 radical (unpaired) electrons. The average molecular weight is 291 g/mol. The molecule has 0 heterocycles. The van der Waals surface area contributed by atoms with Gasteiger partial charge in [-0.3, -0.25) is 0 Å². The highest BCUT2D eigenvalue weighted by Gasteiger charge is 2.01. The third-order valence-electron chi connectivity index (χ3n) is 3.04. The largest absolute Gasteiger partial charge is 0.489 e. The minimum atomic E-state index is -2.30. The zero-order chi connectivity index (χ0) is 14.9. The van der Waals surface area contributed by atoms with Gasteiger partial charge in [0, 0.05) is 0 Å². The van der Waals surface area contributed by atoms with Crippen molar-refractivity contribution in [2.45, 2.75) is 19.5 Å². The van der Waals surface area contributed by atoms with Crippen LogP contribution in [0.5, 0.6) is 5.75 Å². The van der Waals surface area contributed by atoms with Crippen LogP contribution < -0.4 is 10.1 Å². The van der Waals surface area contributed by atoms with Crippen molar-refractivity contribution in [3.05, 3.63) is 65.7 Å². The normalized spacial score (nSPS) is 10.8. The van der Waals surface area contributed by atoms with Crippen molar-refractivity contribution in [2.24, 2.45) is 0 Å². The molecule has 4 heteroatoms. The van der Waals surface area contributed by atoms with Gasteiger partial charge in [-0.05, 0) is 36.2 Å². The van der Waals surface area contributed by atoms with Gasteiger partial charge in [-0.15, -0.1) is 0 Å². The Morgan fingerprint density at radius 1 is 0.952 bits per heavy atom. The SMILES string of the molecule is FC(F)CNCCc1cccc(OCc2ccccc2)c1. The number of hydrogen-bond acceptors (Lipinski definition) is 2. The van der Waals surface area contributed by atoms with Gasteiger partial charge < -0.3 is 10.1 Å². The zero-order valence-corrected chi connectivity index (χ0v) is 11.8. The third kappa shape index (κ3) is 5.92. The van der Waals surface area contributed by atoms with Gasteiger partial charge in [0.25, 0.3) is 6.43 Å². The van der Waals surface area contributed by atoms with Crippen LogP contribution in [0.4, 0.5) is 8.78 Å². The second-order valence-electron chi connectivity index (χ2n) is 4.77. The number of benzene rings is 2. The van der Waals surface area contributed by atoms with Gasteiger partial charge in [0.2, 0.25) is 0 Å². The first-order chi connectivity index (χ1) is 10.2. The minimum absolute atomic E-state index is 0.260. The second-order valence-corrected chi connectivity index (χ2v) is 4.77. The van der Waals surface area contributed by atoms with E-state index in [-0.39, 0.29) is 6.54 Å². The molecule has 0 bridgehead atoms. The Labute approximate surface area is 123 Å². The van der Waals surface area contributed by atoms with Gasteiger partial charge in [-0.25, -0.2) is 8.78 Å². The Bertz CT molecular complexity index is 531. The van der Waals surface area contributed by atoms with Gasteiger partial charge in [0.05, 0.1) is 6.54 Å². The molecule has 2 aromatic carbocycles. The number of hydrogen-bond donors (Lipinski definition) is 1. The topological polar surface area (TPSA) is 21.3 Å². The van der Waals surface area contributed by atoms with Crippen LogP contribution in [0.2, 0.25) is 0 Å². The number of halogens is 2. The molecule has 0 spiro atoms. The summed E-state index contributed by atoms with van der Waals surface area (Å²) in [5, 5.41) is 2.72. The van der Waals surface area contributed by atoms with E-state index >= 15 is 0 Å². The molecule has 0 unspecified atom stereocenters. The summed E-state index contributed by atoms with van der Waals surface area (Å²) in [6.07, 6.45) is -1.60. The zero-order valence-electron chi connectivity index (χ0n) is 11.8. The first-order valence-corrected chi connectivity index (χ1v) is 6.98. The van der Waals surface area contributed by atoms with E-state index < -0.39 is 6.43 Å². The van der Waals surface area contributed by atoms with Crippen molar-refractivity contribution in [3.8, 4) is 5.75 Å². The van der Waals surface area contributed by atoms with Crippen LogP contribution in [0.15, 0.2) is 54.6 Å². The first-order valence-electron chi connectivity index (χ1n) is 6.98. The molecule has 0 saturated heterocycles. The lowest BCUT2D eigenvalue weighted by Crippen LogP contribution is -2.23. The van der Waals surface area contributed by atoms with E-state index in [9.17, 15) is 8.78 Å². The lowest BCUT2D eigenvalue weighted by molar-refractivity contribution is 0.146. The predicted molar refractivity (Wildman–Crippen MR) is 79.8 cm³/mol. The van der Waals surface area contributed by atoms with Gasteiger partial charge >= 0.3 is 0 Å². The summed E-state index contributed by atoms with van der Waals surface area (Å²) >= 11 is 0. The molecule has 0 fully saturated rings. The molecule has 0 aliphatic heterocycles. The van der Waals surface area contributed by atoms with Crippen molar-refractivity contribution in [3.63, 3.8) is 0 Å². The van der Waals surface area contributed by atoms with Crippen molar-refractivity contribution in [1.82, 2.24) is 5.32 Å². The van der Waals surface area contributed by atoms with Crippen LogP contribution in [0.3, 0.4) is 0 Å². The fourth-order valence-corrected chi connectivity index (χ4v) is 1.98. The third-order valence-corrected chi connectivity index (χ3v) is 3.04. The summed E-state index contributed by atoms with van der Waals surface area (Å²) in [5.74, 6) is 0.796. The van der Waals surface area contributed by atoms with Crippen LogP contribution in [0.1, 0.15) is 11.1 Å². The molecule has 0 aliphatic carbocycles. The molecule has 0 saturated carbocycles. The van der Waals surface area contributed by atoms with Gasteiger partial charge in [-0.1, -0.05) is 42.5 Å². The van der Waals surface area contributed by atoms with E-state index in [1.54, 1.807) is 0 Å². The Hall–Kier alpha value is -1.94. The van der Waals surface area contributed by atoms with Crippen molar-refractivity contribution in [1.29, 1.82) is 0 Å². The van der Waals surface area contributed by atoms with Crippen molar-refractivity contribution in [2.75, 3.05) is 13.1 Å². The smallest absolute Gasteiger partial charge is 0.250 e. The highest BCUT2D eigenvalue weighted by atomic mass is 19.3. The van der Waals surface area contributed by atoms with E-state index in [0.29, 0.717) is 19.6 Å². The van der Waals surface area contributed by atoms with E-state index in [2.05, 4.69) is 5.32 Å². The first kappa shape index (κ1) is 15.4. The quantitative estimate of drug-likeness (QED) is 0.749. The summed E-state index contributed by atoms with van der Waals surface area (Å²) in [6, 6.07) is 17.7. The second kappa shape index (κ2) is 8.37. The van der Waals surface area contributed by atoms with Crippen LogP contribution in [0, 0.1) is 0 Å². The predicted octanol–water partition coefficient (Wildman–Crippen LogP) is 3.66. The van der Waals surface area contributed by atoms with E-state index in [1.807, 2.05) is 54.6 Å². The molecule has 0 amide bonds. The average Bonchev–Trinajstić information content (AvgIpc) is 2.51. The van der Waals surface area contributed by atoms with Gasteiger partial charge in [-0.2, -0.15) is 0 Å². The molecule has 21 heavy (non-hydrogen) atoms. The molecule has 0 aliphatic rings. The minimum Gasteiger partial charge on any atom is -0.489 e. The van der Waals surface area contributed by atoms with Gasteiger partial charge in [0.15, 0.2) is 0 Å². The Balaban J connectivity index is 1.80. The Kier molecular flexibility index (Phi) is 6.16. The molecule has 0 aromatic heterocycles. The van der Waals surface area contributed by atoms with Crippen molar-refractivity contribution < 1.29 is 13.5 Å². The maximum Gasteiger partial charge on any atom is 0.250 e. The Morgan fingerprint density at radius 2 is 1.71 bits per heavy atom. The molecule has 1 N–H and O–H groups in total. The van der Waals surface area contributed by atoms with E-state index in [4.69, 9.17) is 4.74 Å². The lowest BCUT2D eigenvalue weighted by Gasteiger charge is -2.09. The lowest BCUT2D eigenvalue weighted by atomic mass is 10.1. The van der Waals surface area contributed by atoms with Crippen LogP contribution >= 0.6 is 0 Å². The summed E-state index contributed by atoms with van der Waals surface area (Å²) in [7, 11) is 0. The van der Waals surface area contributed by atoms with E-state index in [0.717, 1.165) is 16.9 Å². The van der Waals surface area contributed by atoms with Crippen LogP contribution in [-0.2, 0) is 13.0 Å². The molecule has 0 atom stereocenters. The standard InChI is InChI=1S/C17H19F2NO/c18-17(19)12-20-10-9-14-7-4-8-16(11-14)21-13-15-5-2-1-3-6-15/h1-8,11,17,20H,9-10,12-13H2. The summed E-state index contributed by atoms with van der Waals surface area (Å²) < 4.78 is 29.7. The Morgan fingerprint density at radius 3 is 2.48 bits per heavy atom. The highest BCUT2D eigenvalue weighted by molar-refractivity contribution is 5.29. The van der Waals surface area contributed by atoms with Crippen LogP contribution in [0.25, 0.3) is 0 Å². The summed E-state index contributed by atoms with van der Waals surface area (Å²) in [4.78, 5) is 0. The monoisotopic (exact) mass is 291 g/mol. The fourth-order valence-electron chi connectivity index (χ4n) is 1.98. The number of ether oxygens (including phenoxy) is 1. The maximum atomic E-state index is 12.0. The molecular formula is C17H19F2NO. The summed E-state index contributed by atoms with van der Waals surface area (Å²) in [6.45, 7) is 0.796. The molecule has 2 rings (SSSR count). The fraction of sp³-hybridized carbons (Fsp3) is 0.294. The van der Waals surface area contributed by atoms with Gasteiger partial charge in [0.1, 0.15) is 12.4 Å². The van der Waals surface area contributed by atoms with Crippen molar-refractivity contribution >= 4 is 0 Å². The summed E-state index contributed by atoms with van der Waals surface area (Å²) in [5.41, 5.74) is 2.18. The van der Waals surface area contributed by atoms with Crippen LogP contribution in [-0.4, -0.2) is 19.5 Å². The molecular weight excluding hydrogens is 272 g/mol. The maximum absolute atomic E-state index is 12.0. The molecule has 2 nitrogen and oxygen atoms in total.